The molecule has 402 valence electrons. The van der Waals surface area contributed by atoms with Gasteiger partial charge in [0.2, 0.25) is 5.88 Å². The van der Waals surface area contributed by atoms with Crippen LogP contribution in [-0.2, 0) is 37.0 Å². The highest BCUT2D eigenvalue weighted by Crippen LogP contribution is 2.51. The standard InChI is InChI=1S/C56H61N8O12P/c1-38(2)62(39(3)4)77(74-32-10-31-57)76-49-35-51(75-50(49)36-73-56(42-11-8-7-9-12-42,43-17-25-47(69-5)26-18-43)44-19-27-48(70-6)28-20-44)61-37-58-52-53(61)59-55(72-34-30-41-15-23-46(24-16-41)64(67)68)60-54(52)71-33-29-40-13-21-45(22-14-40)63(65)66/h7-9,11-28,37-39,49-51H,10,29-30,32-36H2,1-6H3. The summed E-state index contributed by atoms with van der Waals surface area (Å²) in [6, 6.07) is 40.2. The molecule has 0 bridgehead atoms. The lowest BCUT2D eigenvalue weighted by molar-refractivity contribution is -0.385. The van der Waals surface area contributed by atoms with Crippen molar-refractivity contribution >= 4 is 31.1 Å². The first-order valence-corrected chi connectivity index (χ1v) is 26.3. The molecule has 1 aliphatic heterocycles. The van der Waals surface area contributed by atoms with Crippen LogP contribution in [0.2, 0.25) is 0 Å². The van der Waals surface area contributed by atoms with Crippen LogP contribution in [0.5, 0.6) is 23.4 Å². The number of fused-ring (bicyclic) bond motifs is 1. The van der Waals surface area contributed by atoms with Gasteiger partial charge in [0.1, 0.15) is 29.4 Å². The van der Waals surface area contributed by atoms with Gasteiger partial charge in [-0.05, 0) is 79.8 Å². The van der Waals surface area contributed by atoms with Gasteiger partial charge in [-0.15, -0.1) is 0 Å². The third-order valence-electron chi connectivity index (χ3n) is 12.9. The molecule has 1 saturated heterocycles. The number of hydrogen-bond donors (Lipinski definition) is 0. The molecule has 20 nitrogen and oxygen atoms in total. The van der Waals surface area contributed by atoms with Crippen LogP contribution in [0.15, 0.2) is 134 Å². The molecule has 0 saturated carbocycles. The fourth-order valence-electron chi connectivity index (χ4n) is 9.17. The normalized spacial score (nSPS) is 15.9. The van der Waals surface area contributed by atoms with Crippen LogP contribution < -0.4 is 18.9 Å². The van der Waals surface area contributed by atoms with Gasteiger partial charge in [0, 0.05) is 55.6 Å². The number of aromatic nitrogens is 4. The largest absolute Gasteiger partial charge is 0.497 e. The third-order valence-corrected chi connectivity index (χ3v) is 15.1. The van der Waals surface area contributed by atoms with Crippen LogP contribution in [0.1, 0.15) is 74.6 Å². The fourth-order valence-corrected chi connectivity index (χ4v) is 10.9. The molecule has 4 unspecified atom stereocenters. The second-order valence-electron chi connectivity index (χ2n) is 18.6. The summed E-state index contributed by atoms with van der Waals surface area (Å²) in [6.07, 6.45) is 0.716. The minimum Gasteiger partial charge on any atom is -0.497 e. The number of ether oxygens (including phenoxy) is 6. The number of nitrogens with zero attached hydrogens (tertiary/aromatic N) is 8. The quantitative estimate of drug-likeness (QED) is 0.0153. The minimum atomic E-state index is -1.76. The summed E-state index contributed by atoms with van der Waals surface area (Å²) in [7, 11) is 1.49. The highest BCUT2D eigenvalue weighted by atomic mass is 31.2. The van der Waals surface area contributed by atoms with Crippen LogP contribution in [0.25, 0.3) is 11.2 Å². The lowest BCUT2D eigenvalue weighted by Crippen LogP contribution is -2.39. The van der Waals surface area contributed by atoms with E-state index < -0.39 is 42.4 Å². The number of benzene rings is 5. The van der Waals surface area contributed by atoms with Crippen LogP contribution in [0.3, 0.4) is 0 Å². The summed E-state index contributed by atoms with van der Waals surface area (Å²) in [4.78, 5) is 36.0. The Kier molecular flexibility index (Phi) is 18.7. The van der Waals surface area contributed by atoms with Crippen molar-refractivity contribution in [3.05, 3.63) is 182 Å². The summed E-state index contributed by atoms with van der Waals surface area (Å²) in [5, 5.41) is 32.2. The van der Waals surface area contributed by atoms with Crippen molar-refractivity contribution in [1.29, 1.82) is 5.26 Å². The van der Waals surface area contributed by atoms with E-state index in [1.54, 1.807) is 49.4 Å². The van der Waals surface area contributed by atoms with Crippen LogP contribution in [0, 0.1) is 31.6 Å². The van der Waals surface area contributed by atoms with E-state index in [0.29, 0.717) is 35.5 Å². The van der Waals surface area contributed by atoms with Gasteiger partial charge in [0.25, 0.3) is 19.9 Å². The summed E-state index contributed by atoms with van der Waals surface area (Å²) < 4.78 is 55.8. The van der Waals surface area contributed by atoms with Gasteiger partial charge in [0.15, 0.2) is 11.2 Å². The van der Waals surface area contributed by atoms with E-state index in [1.807, 2.05) is 78.9 Å². The Balaban J connectivity index is 1.17. The van der Waals surface area contributed by atoms with Gasteiger partial charge >= 0.3 is 6.01 Å². The lowest BCUT2D eigenvalue weighted by Gasteiger charge is -2.39. The number of imidazole rings is 1. The number of methoxy groups -OCH3 is 2. The first kappa shape index (κ1) is 55.6. The number of nitriles is 1. The average molecular weight is 1070 g/mol. The third kappa shape index (κ3) is 13.3. The van der Waals surface area contributed by atoms with E-state index >= 15 is 0 Å². The molecule has 8 rings (SSSR count). The van der Waals surface area contributed by atoms with Gasteiger partial charge in [-0.25, -0.2) is 9.65 Å². The number of rotatable bonds is 27. The Bertz CT molecular complexity index is 3030. The summed E-state index contributed by atoms with van der Waals surface area (Å²) >= 11 is 0. The van der Waals surface area contributed by atoms with E-state index in [-0.39, 0.29) is 74.6 Å². The zero-order chi connectivity index (χ0) is 54.5. The first-order valence-electron chi connectivity index (χ1n) is 25.2. The minimum absolute atomic E-state index is 0.00840. The molecule has 1 aliphatic rings. The molecular weight excluding hydrogens is 1010 g/mol. The van der Waals surface area contributed by atoms with E-state index in [1.165, 1.54) is 24.3 Å². The summed E-state index contributed by atoms with van der Waals surface area (Å²) in [6.45, 7) is 8.73. The second kappa shape index (κ2) is 25.9. The van der Waals surface area contributed by atoms with Gasteiger partial charge in [0.05, 0.1) is 75.4 Å². The smallest absolute Gasteiger partial charge is 0.321 e. The molecule has 3 heterocycles. The molecule has 5 aromatic carbocycles. The molecule has 77 heavy (non-hydrogen) atoms. The van der Waals surface area contributed by atoms with E-state index in [0.717, 1.165) is 27.8 Å². The number of nitro benzene ring substituents is 2. The topological polar surface area (TPSA) is 231 Å². The fraction of sp³-hybridized carbons (Fsp3) is 0.357. The van der Waals surface area contributed by atoms with Crippen LogP contribution in [0.4, 0.5) is 11.4 Å². The highest BCUT2D eigenvalue weighted by Gasteiger charge is 2.45. The van der Waals surface area contributed by atoms with Gasteiger partial charge in [-0.2, -0.15) is 15.2 Å². The van der Waals surface area contributed by atoms with E-state index in [9.17, 15) is 25.5 Å². The Labute approximate surface area is 447 Å². The molecule has 0 N–H and O–H groups in total. The maximum absolute atomic E-state index is 11.3. The monoisotopic (exact) mass is 1070 g/mol. The SMILES string of the molecule is COc1ccc(C(OCC2OC(n3cnc4c(OCCc5ccc([N+](=O)[O-])cc5)nc(OCCc5ccc([N+](=O)[O-])cc5)nc43)CC2OP(OCCC#N)N(C(C)C)C(C)C)(c2ccccc2)c2ccc(OC)cc2)cc1. The Morgan fingerprint density at radius 3 is 1.82 bits per heavy atom. The molecule has 21 heteroatoms. The first-order chi connectivity index (χ1) is 37.3. The predicted molar refractivity (Wildman–Crippen MR) is 287 cm³/mol. The molecular formula is C56H61N8O12P. The molecule has 0 radical (unpaired) electrons. The van der Waals surface area contributed by atoms with Gasteiger partial charge in [-0.1, -0.05) is 78.9 Å². The average Bonchev–Trinajstić information content (AvgIpc) is 4.06. The summed E-state index contributed by atoms with van der Waals surface area (Å²) in [5.74, 6) is 1.49. The molecule has 4 atom stereocenters. The van der Waals surface area contributed by atoms with Crippen molar-refractivity contribution in [3.63, 3.8) is 0 Å². The molecule has 7 aromatic rings. The zero-order valence-corrected chi connectivity index (χ0v) is 44.6. The summed E-state index contributed by atoms with van der Waals surface area (Å²) in [5.41, 5.74) is 3.56. The Morgan fingerprint density at radius 2 is 1.30 bits per heavy atom. The number of nitro groups is 2. The van der Waals surface area contributed by atoms with Crippen molar-refractivity contribution in [2.24, 2.45) is 0 Å². The van der Waals surface area contributed by atoms with Crippen molar-refractivity contribution in [3.8, 4) is 29.5 Å². The van der Waals surface area contributed by atoms with Crippen molar-refractivity contribution in [2.75, 3.05) is 40.6 Å². The second-order valence-corrected chi connectivity index (χ2v) is 20.0. The Morgan fingerprint density at radius 1 is 0.753 bits per heavy atom. The maximum Gasteiger partial charge on any atom is 0.321 e. The maximum atomic E-state index is 11.3. The van der Waals surface area contributed by atoms with Gasteiger partial charge < -0.3 is 37.5 Å². The van der Waals surface area contributed by atoms with Gasteiger partial charge in [-0.3, -0.25) is 24.8 Å². The number of hydrogen-bond acceptors (Lipinski definition) is 17. The van der Waals surface area contributed by atoms with E-state index in [4.69, 9.17) is 47.4 Å². The number of non-ortho nitro benzene ring substituents is 2. The van der Waals surface area contributed by atoms with E-state index in [2.05, 4.69) is 43.4 Å². The van der Waals surface area contributed by atoms with Crippen LogP contribution in [-0.4, -0.2) is 99.0 Å². The molecule has 0 amide bonds. The van der Waals surface area contributed by atoms with Crippen molar-refractivity contribution in [2.45, 2.75) is 89.5 Å². The van der Waals surface area contributed by atoms with Crippen LogP contribution >= 0.6 is 8.53 Å². The zero-order valence-electron chi connectivity index (χ0n) is 43.7. The molecule has 1 fully saturated rings. The molecule has 0 spiro atoms. The highest BCUT2D eigenvalue weighted by molar-refractivity contribution is 7.44. The van der Waals surface area contributed by atoms with Crippen molar-refractivity contribution in [1.82, 2.24) is 24.2 Å². The van der Waals surface area contributed by atoms with Crippen molar-refractivity contribution < 1.29 is 47.3 Å². The lowest BCUT2D eigenvalue weighted by atomic mass is 9.80. The molecule has 2 aromatic heterocycles. The predicted octanol–water partition coefficient (Wildman–Crippen LogP) is 10.9. The molecule has 0 aliphatic carbocycles. The Hall–Kier alpha value is -7.63.